The lowest BCUT2D eigenvalue weighted by atomic mass is 10.1. The lowest BCUT2D eigenvalue weighted by Gasteiger charge is -2.13. The van der Waals surface area contributed by atoms with Gasteiger partial charge in [-0.3, -0.25) is 4.79 Å². The zero-order chi connectivity index (χ0) is 23.1. The van der Waals surface area contributed by atoms with Crippen molar-refractivity contribution >= 4 is 33.3 Å². The highest BCUT2D eigenvalue weighted by molar-refractivity contribution is 7.99. The molecule has 1 unspecified atom stereocenters. The minimum atomic E-state index is -0.100. The van der Waals surface area contributed by atoms with Crippen molar-refractivity contribution in [3.05, 3.63) is 93.6 Å². The molecular formula is C26H23N5OS2. The first-order valence-electron chi connectivity index (χ1n) is 11.4. The van der Waals surface area contributed by atoms with Gasteiger partial charge in [-0.25, -0.2) is 4.98 Å². The van der Waals surface area contributed by atoms with E-state index in [4.69, 9.17) is 4.98 Å². The molecule has 0 bridgehead atoms. The Morgan fingerprint density at radius 2 is 1.82 bits per heavy atom. The van der Waals surface area contributed by atoms with E-state index in [-0.39, 0.29) is 10.8 Å². The van der Waals surface area contributed by atoms with Crippen LogP contribution in [-0.4, -0.2) is 24.7 Å². The van der Waals surface area contributed by atoms with E-state index in [1.165, 1.54) is 29.7 Å². The van der Waals surface area contributed by atoms with Crippen LogP contribution >= 0.6 is 23.1 Å². The molecule has 0 radical (unpaired) electrons. The number of aromatic nitrogens is 5. The van der Waals surface area contributed by atoms with Crippen molar-refractivity contribution in [2.75, 3.05) is 0 Å². The van der Waals surface area contributed by atoms with Crippen LogP contribution in [0.4, 0.5) is 0 Å². The summed E-state index contributed by atoms with van der Waals surface area (Å²) in [6, 6.07) is 20.4. The number of thiophene rings is 1. The van der Waals surface area contributed by atoms with Gasteiger partial charge in [0.05, 0.1) is 17.2 Å². The van der Waals surface area contributed by atoms with Gasteiger partial charge in [0.2, 0.25) is 0 Å². The van der Waals surface area contributed by atoms with E-state index < -0.39 is 0 Å². The summed E-state index contributed by atoms with van der Waals surface area (Å²) < 4.78 is 2.23. The molecule has 0 spiro atoms. The number of rotatable bonds is 7. The minimum absolute atomic E-state index is 0.0786. The third kappa shape index (κ3) is 4.08. The zero-order valence-electron chi connectivity index (χ0n) is 18.6. The quantitative estimate of drug-likeness (QED) is 0.285. The van der Waals surface area contributed by atoms with Gasteiger partial charge in [-0.05, 0) is 30.9 Å². The van der Waals surface area contributed by atoms with Crippen molar-refractivity contribution in [3.8, 4) is 11.1 Å². The summed E-state index contributed by atoms with van der Waals surface area (Å²) >= 11 is 3.10. The number of nitrogens with one attached hydrogen (secondary N) is 1. The average Bonchev–Trinajstić information content (AvgIpc) is 3.50. The largest absolute Gasteiger partial charge is 0.309 e. The Bertz CT molecular complexity index is 1500. The van der Waals surface area contributed by atoms with Crippen LogP contribution < -0.4 is 5.56 Å². The molecule has 1 N–H and O–H groups in total. The van der Waals surface area contributed by atoms with Gasteiger partial charge < -0.3 is 9.55 Å². The standard InChI is InChI=1S/C26H23N5OS2/c1-16(22-27-24(32)21-20(15-33-25(21)28-22)18-10-6-3-7-11-18)34-26-30-29-23(19-12-13-19)31(26)14-17-8-4-2-5-9-17/h2-11,15-16,19H,12-14H2,1H3,(H,27,28,32). The molecule has 1 atom stereocenters. The molecule has 3 aromatic heterocycles. The van der Waals surface area contributed by atoms with E-state index in [1.807, 2.05) is 41.8 Å². The monoisotopic (exact) mass is 485 g/mol. The SMILES string of the molecule is CC(Sc1nnc(C2CC2)n1Cc1ccccc1)c1nc2scc(-c3ccccc3)c2c(=O)[nH]1. The summed E-state index contributed by atoms with van der Waals surface area (Å²) in [6.07, 6.45) is 2.33. The van der Waals surface area contributed by atoms with Crippen LogP contribution in [-0.2, 0) is 6.54 Å². The fourth-order valence-corrected chi connectivity index (χ4v) is 6.02. The first-order valence-corrected chi connectivity index (χ1v) is 13.1. The molecule has 1 saturated carbocycles. The summed E-state index contributed by atoms with van der Waals surface area (Å²) in [5.41, 5.74) is 3.08. The first kappa shape index (κ1) is 21.3. The van der Waals surface area contributed by atoms with Gasteiger partial charge in [0, 0.05) is 16.9 Å². The van der Waals surface area contributed by atoms with Gasteiger partial charge in [-0.1, -0.05) is 72.4 Å². The predicted molar refractivity (Wildman–Crippen MR) is 137 cm³/mol. The number of fused-ring (bicyclic) bond motifs is 1. The summed E-state index contributed by atoms with van der Waals surface area (Å²) in [7, 11) is 0. The Morgan fingerprint density at radius 1 is 1.09 bits per heavy atom. The Kier molecular flexibility index (Phi) is 5.55. The number of H-pyrrole nitrogens is 1. The van der Waals surface area contributed by atoms with Crippen molar-refractivity contribution < 1.29 is 0 Å². The summed E-state index contributed by atoms with van der Waals surface area (Å²) in [6.45, 7) is 2.79. The summed E-state index contributed by atoms with van der Waals surface area (Å²) in [5, 5.41) is 12.5. The van der Waals surface area contributed by atoms with E-state index >= 15 is 0 Å². The van der Waals surface area contributed by atoms with Gasteiger partial charge in [-0.15, -0.1) is 21.5 Å². The molecule has 0 saturated heterocycles. The van der Waals surface area contributed by atoms with Crippen LogP contribution in [0.25, 0.3) is 21.3 Å². The highest BCUT2D eigenvalue weighted by Gasteiger charge is 2.31. The normalized spacial score (nSPS) is 14.5. The van der Waals surface area contributed by atoms with Crippen molar-refractivity contribution in [1.82, 2.24) is 24.7 Å². The smallest absolute Gasteiger partial charge is 0.260 e. The lowest BCUT2D eigenvalue weighted by Crippen LogP contribution is -2.13. The lowest BCUT2D eigenvalue weighted by molar-refractivity contribution is 0.666. The number of hydrogen-bond acceptors (Lipinski definition) is 6. The van der Waals surface area contributed by atoms with Crippen molar-refractivity contribution in [3.63, 3.8) is 0 Å². The fourth-order valence-electron chi connectivity index (χ4n) is 4.15. The van der Waals surface area contributed by atoms with Gasteiger partial charge in [0.25, 0.3) is 5.56 Å². The van der Waals surface area contributed by atoms with Crippen LogP contribution in [0.3, 0.4) is 0 Å². The number of nitrogens with zero attached hydrogens (tertiary/aromatic N) is 4. The van der Waals surface area contributed by atoms with E-state index in [1.54, 1.807) is 11.8 Å². The number of hydrogen-bond donors (Lipinski definition) is 1. The third-order valence-corrected chi connectivity index (χ3v) is 8.05. The van der Waals surface area contributed by atoms with Gasteiger partial charge in [0.15, 0.2) is 5.16 Å². The molecule has 1 aliphatic rings. The van der Waals surface area contributed by atoms with Gasteiger partial charge >= 0.3 is 0 Å². The molecule has 1 aliphatic carbocycles. The second kappa shape index (κ2) is 8.85. The zero-order valence-corrected chi connectivity index (χ0v) is 20.3. The minimum Gasteiger partial charge on any atom is -0.309 e. The van der Waals surface area contributed by atoms with E-state index in [2.05, 4.69) is 50.9 Å². The van der Waals surface area contributed by atoms with Crippen LogP contribution in [0.5, 0.6) is 0 Å². The maximum absolute atomic E-state index is 13.1. The Labute approximate surface area is 205 Å². The van der Waals surface area contributed by atoms with Crippen LogP contribution in [0, 0.1) is 0 Å². The van der Waals surface area contributed by atoms with Crippen molar-refractivity contribution in [2.45, 2.75) is 42.6 Å². The second-order valence-electron chi connectivity index (χ2n) is 8.59. The van der Waals surface area contributed by atoms with E-state index in [0.717, 1.165) is 33.5 Å². The molecule has 6 rings (SSSR count). The van der Waals surface area contributed by atoms with Crippen LogP contribution in [0.2, 0.25) is 0 Å². The maximum atomic E-state index is 13.1. The molecule has 1 fully saturated rings. The highest BCUT2D eigenvalue weighted by atomic mass is 32.2. The molecule has 5 aromatic rings. The van der Waals surface area contributed by atoms with Crippen LogP contribution in [0.1, 0.15) is 48.1 Å². The van der Waals surface area contributed by atoms with Gasteiger partial charge in [-0.2, -0.15) is 0 Å². The molecule has 6 nitrogen and oxygen atoms in total. The molecule has 0 aliphatic heterocycles. The van der Waals surface area contributed by atoms with E-state index in [9.17, 15) is 4.79 Å². The molecule has 3 heterocycles. The van der Waals surface area contributed by atoms with E-state index in [0.29, 0.717) is 17.1 Å². The van der Waals surface area contributed by atoms with Crippen LogP contribution in [0.15, 0.2) is 76.0 Å². The number of aromatic amines is 1. The fraction of sp³-hybridized carbons (Fsp3) is 0.231. The van der Waals surface area contributed by atoms with Crippen molar-refractivity contribution in [1.29, 1.82) is 0 Å². The number of thioether (sulfide) groups is 1. The molecular weight excluding hydrogens is 462 g/mol. The topological polar surface area (TPSA) is 76.5 Å². The maximum Gasteiger partial charge on any atom is 0.260 e. The Morgan fingerprint density at radius 3 is 2.56 bits per heavy atom. The number of benzene rings is 2. The molecule has 2 aromatic carbocycles. The second-order valence-corrected chi connectivity index (χ2v) is 10.8. The molecule has 170 valence electrons. The average molecular weight is 486 g/mol. The van der Waals surface area contributed by atoms with Crippen molar-refractivity contribution in [2.24, 2.45) is 0 Å². The summed E-state index contributed by atoms with van der Waals surface area (Å²) in [4.78, 5) is 21.7. The third-order valence-electron chi connectivity index (χ3n) is 6.09. The molecule has 0 amide bonds. The molecule has 34 heavy (non-hydrogen) atoms. The Hall–Kier alpha value is -3.23. The summed E-state index contributed by atoms with van der Waals surface area (Å²) in [5.74, 6) is 2.21. The molecule has 8 heteroatoms. The first-order chi connectivity index (χ1) is 16.7. The van der Waals surface area contributed by atoms with Gasteiger partial charge in [0.1, 0.15) is 16.5 Å². The Balaban J connectivity index is 1.31. The highest BCUT2D eigenvalue weighted by Crippen LogP contribution is 2.42. The predicted octanol–water partition coefficient (Wildman–Crippen LogP) is 6.02.